The summed E-state index contributed by atoms with van der Waals surface area (Å²) in [5.41, 5.74) is -0.349. The molecule has 0 saturated carbocycles. The van der Waals surface area contributed by atoms with Gasteiger partial charge < -0.3 is 14.9 Å². The Balaban J connectivity index is 2.48. The van der Waals surface area contributed by atoms with Crippen LogP contribution in [0.3, 0.4) is 0 Å². The van der Waals surface area contributed by atoms with E-state index in [1.165, 1.54) is 19.2 Å². The Morgan fingerprint density at radius 2 is 1.92 bits per heavy atom. The highest BCUT2D eigenvalue weighted by atomic mass is 35.5. The molecule has 0 atom stereocenters. The smallest absolute Gasteiger partial charge is 0.419 e. The van der Waals surface area contributed by atoms with E-state index in [-0.39, 0.29) is 24.2 Å². The molecule has 24 heavy (non-hydrogen) atoms. The zero-order chi connectivity index (χ0) is 18.2. The van der Waals surface area contributed by atoms with Crippen LogP contribution in [-0.4, -0.2) is 34.0 Å². The fourth-order valence-corrected chi connectivity index (χ4v) is 2.47. The Morgan fingerprint density at radius 3 is 2.42 bits per heavy atom. The predicted octanol–water partition coefficient (Wildman–Crippen LogP) is 3.32. The molecular formula is C14H15ClF3N3O3. The average Bonchev–Trinajstić information content (AvgIpc) is 2.69. The van der Waals surface area contributed by atoms with Crippen LogP contribution in [0.25, 0.3) is 0 Å². The summed E-state index contributed by atoms with van der Waals surface area (Å²) in [6.07, 6.45) is -4.62. The summed E-state index contributed by atoms with van der Waals surface area (Å²) in [5, 5.41) is 20.9. The van der Waals surface area contributed by atoms with Crippen LogP contribution in [0.1, 0.15) is 16.7 Å². The number of aromatic hydroxyl groups is 2. The summed E-state index contributed by atoms with van der Waals surface area (Å²) in [6.45, 7) is 1.62. The number of anilines is 1. The van der Waals surface area contributed by atoms with Crippen molar-refractivity contribution < 1.29 is 28.1 Å². The molecule has 0 bridgehead atoms. The highest BCUT2D eigenvalue weighted by molar-refractivity contribution is 6.30. The lowest BCUT2D eigenvalue weighted by atomic mass is 10.2. The second-order valence-corrected chi connectivity index (χ2v) is 5.38. The van der Waals surface area contributed by atoms with Gasteiger partial charge in [-0.05, 0) is 19.1 Å². The monoisotopic (exact) mass is 365 g/mol. The molecule has 0 spiro atoms. The van der Waals surface area contributed by atoms with E-state index < -0.39 is 16.9 Å². The van der Waals surface area contributed by atoms with Gasteiger partial charge >= 0.3 is 6.18 Å². The number of pyridine rings is 1. The lowest BCUT2D eigenvalue weighted by molar-refractivity contribution is -0.137. The van der Waals surface area contributed by atoms with Crippen LogP contribution < -0.4 is 5.01 Å². The number of halogens is 4. The van der Waals surface area contributed by atoms with Gasteiger partial charge in [0.1, 0.15) is 11.0 Å². The minimum absolute atomic E-state index is 0.00225. The third-order valence-electron chi connectivity index (χ3n) is 3.52. The first-order chi connectivity index (χ1) is 11.1. The third-order valence-corrected chi connectivity index (χ3v) is 3.81. The van der Waals surface area contributed by atoms with E-state index >= 15 is 0 Å². The molecule has 2 rings (SSSR count). The number of nitrogens with zero attached hydrogens (tertiary/aromatic N) is 3. The van der Waals surface area contributed by atoms with Gasteiger partial charge in [-0.15, -0.1) is 0 Å². The number of ether oxygens (including phenoxy) is 1. The van der Waals surface area contributed by atoms with Crippen LogP contribution in [0, 0.1) is 6.92 Å². The summed E-state index contributed by atoms with van der Waals surface area (Å²) in [4.78, 5) is 3.68. The molecule has 0 aliphatic heterocycles. The zero-order valence-electron chi connectivity index (χ0n) is 13.0. The molecule has 0 fully saturated rings. The Bertz CT molecular complexity index is 762. The van der Waals surface area contributed by atoms with E-state index in [0.717, 1.165) is 16.8 Å². The van der Waals surface area contributed by atoms with E-state index in [1.54, 1.807) is 6.92 Å². The first-order valence-corrected chi connectivity index (χ1v) is 7.06. The van der Waals surface area contributed by atoms with E-state index in [2.05, 4.69) is 4.98 Å². The minimum atomic E-state index is -4.62. The fourth-order valence-electron chi connectivity index (χ4n) is 2.21. The number of aromatic nitrogens is 2. The summed E-state index contributed by atoms with van der Waals surface area (Å²) in [7, 11) is 2.83. The number of rotatable bonds is 4. The molecule has 0 aliphatic carbocycles. The van der Waals surface area contributed by atoms with E-state index in [1.807, 2.05) is 0 Å². The van der Waals surface area contributed by atoms with E-state index in [0.29, 0.717) is 11.1 Å². The van der Waals surface area contributed by atoms with Gasteiger partial charge in [0.25, 0.3) is 0 Å². The molecule has 0 radical (unpaired) electrons. The van der Waals surface area contributed by atoms with Crippen LogP contribution >= 0.6 is 11.6 Å². The highest BCUT2D eigenvalue weighted by Crippen LogP contribution is 2.37. The van der Waals surface area contributed by atoms with Crippen LogP contribution in [0.2, 0.25) is 5.15 Å². The van der Waals surface area contributed by atoms with Gasteiger partial charge in [0.2, 0.25) is 11.8 Å². The average molecular weight is 366 g/mol. The Kier molecular flexibility index (Phi) is 4.86. The van der Waals surface area contributed by atoms with E-state index in [4.69, 9.17) is 16.3 Å². The lowest BCUT2D eigenvalue weighted by Crippen LogP contribution is -2.25. The molecule has 2 N–H and O–H groups in total. The van der Waals surface area contributed by atoms with Crippen molar-refractivity contribution >= 4 is 17.4 Å². The van der Waals surface area contributed by atoms with Crippen LogP contribution in [0.5, 0.6) is 11.8 Å². The molecule has 10 heteroatoms. The maximum absolute atomic E-state index is 12.7. The van der Waals surface area contributed by atoms with Crippen molar-refractivity contribution in [1.82, 2.24) is 9.66 Å². The molecule has 2 aromatic rings. The second kappa shape index (κ2) is 6.40. The number of alkyl halides is 3. The predicted molar refractivity (Wildman–Crippen MR) is 81.3 cm³/mol. The zero-order valence-corrected chi connectivity index (χ0v) is 13.8. The van der Waals surface area contributed by atoms with Crippen molar-refractivity contribution in [2.75, 3.05) is 19.2 Å². The van der Waals surface area contributed by atoms with Gasteiger partial charge in [0, 0.05) is 25.3 Å². The number of hydrogen-bond donors (Lipinski definition) is 2. The second-order valence-electron chi connectivity index (χ2n) is 5.02. The standard InChI is InChI=1S/C14H15ClF3N3O3/c1-7-8(6-24-3)13(23)21(12(7)22)20(2)10-5-4-9(11(15)19-10)14(16,17)18/h4-5,22-23H,6H2,1-3H3. The first-order valence-electron chi connectivity index (χ1n) is 6.68. The fraction of sp³-hybridized carbons (Fsp3) is 0.357. The van der Waals surface area contributed by atoms with Crippen LogP contribution in [-0.2, 0) is 17.5 Å². The molecule has 2 aromatic heterocycles. The summed E-state index contributed by atoms with van der Waals surface area (Å²) in [5.74, 6) is -0.607. The van der Waals surface area contributed by atoms with Gasteiger partial charge in [-0.3, -0.25) is 5.01 Å². The van der Waals surface area contributed by atoms with Crippen LogP contribution in [0.4, 0.5) is 19.0 Å². The maximum atomic E-state index is 12.7. The molecule has 2 heterocycles. The molecule has 6 nitrogen and oxygen atoms in total. The highest BCUT2D eigenvalue weighted by Gasteiger charge is 2.34. The molecule has 132 valence electrons. The minimum Gasteiger partial charge on any atom is -0.493 e. The molecule has 0 aromatic carbocycles. The summed E-state index contributed by atoms with van der Waals surface area (Å²) in [6, 6.07) is 1.86. The quantitative estimate of drug-likeness (QED) is 0.813. The SMILES string of the molecule is COCc1c(C)c(O)n(N(C)c2ccc(C(F)(F)F)c(Cl)n2)c1O. The van der Waals surface area contributed by atoms with Gasteiger partial charge in [0.05, 0.1) is 12.2 Å². The van der Waals surface area contributed by atoms with Crippen molar-refractivity contribution in [2.24, 2.45) is 0 Å². The summed E-state index contributed by atoms with van der Waals surface area (Å²) >= 11 is 5.60. The molecular weight excluding hydrogens is 351 g/mol. The van der Waals surface area contributed by atoms with Gasteiger partial charge in [0.15, 0.2) is 0 Å². The largest absolute Gasteiger partial charge is 0.493 e. The molecule has 0 unspecified atom stereocenters. The summed E-state index contributed by atoms with van der Waals surface area (Å²) < 4.78 is 44.2. The van der Waals surface area contributed by atoms with Gasteiger partial charge in [-0.1, -0.05) is 11.6 Å². The van der Waals surface area contributed by atoms with Crippen molar-refractivity contribution in [3.63, 3.8) is 0 Å². The lowest BCUT2D eigenvalue weighted by Gasteiger charge is -2.22. The normalized spacial score (nSPS) is 11.8. The third kappa shape index (κ3) is 3.09. The maximum Gasteiger partial charge on any atom is 0.419 e. The number of methoxy groups -OCH3 is 1. The Hall–Kier alpha value is -2.13. The van der Waals surface area contributed by atoms with Crippen molar-refractivity contribution in [3.05, 3.63) is 34.0 Å². The molecule has 0 aliphatic rings. The Morgan fingerprint density at radius 1 is 1.29 bits per heavy atom. The first kappa shape index (κ1) is 18.2. The van der Waals surface area contributed by atoms with Gasteiger partial charge in [-0.2, -0.15) is 17.8 Å². The molecule has 0 amide bonds. The Labute approximate surface area is 140 Å². The van der Waals surface area contributed by atoms with Crippen molar-refractivity contribution in [3.8, 4) is 11.8 Å². The van der Waals surface area contributed by atoms with Gasteiger partial charge in [-0.25, -0.2) is 4.98 Å². The molecule has 0 saturated heterocycles. The van der Waals surface area contributed by atoms with Crippen molar-refractivity contribution in [2.45, 2.75) is 19.7 Å². The van der Waals surface area contributed by atoms with Crippen molar-refractivity contribution in [1.29, 1.82) is 0 Å². The van der Waals surface area contributed by atoms with E-state index in [9.17, 15) is 23.4 Å². The van der Waals surface area contributed by atoms with Crippen LogP contribution in [0.15, 0.2) is 12.1 Å². The topological polar surface area (TPSA) is 70.8 Å². The number of hydrogen-bond acceptors (Lipinski definition) is 5.